The van der Waals surface area contributed by atoms with Crippen LogP contribution < -0.4 is 4.74 Å². The largest absolute Gasteiger partial charge is 0.497 e. The molecule has 0 spiro atoms. The summed E-state index contributed by atoms with van der Waals surface area (Å²) in [5, 5.41) is 8.61. The van der Waals surface area contributed by atoms with E-state index in [1.165, 1.54) is 7.11 Å². The Balaban J connectivity index is 3.24. The number of ether oxygens (including phenoxy) is 1. The van der Waals surface area contributed by atoms with Crippen LogP contribution >= 0.6 is 0 Å². The van der Waals surface area contributed by atoms with Crippen LogP contribution in [0.5, 0.6) is 5.75 Å². The summed E-state index contributed by atoms with van der Waals surface area (Å²) < 4.78 is 4.91. The van der Waals surface area contributed by atoms with Crippen LogP contribution in [0.3, 0.4) is 0 Å². The molecule has 58 valence electrons. The predicted octanol–water partition coefficient (Wildman–Crippen LogP) is 2.12. The van der Waals surface area contributed by atoms with Crippen LogP contribution in [0.15, 0.2) is 18.2 Å². The van der Waals surface area contributed by atoms with Gasteiger partial charge in [0.1, 0.15) is 11.8 Å². The summed E-state index contributed by atoms with van der Waals surface area (Å²) in [4.78, 5) is 3.22. The second-order valence-corrected chi connectivity index (χ2v) is 2.11. The fourth-order valence-corrected chi connectivity index (χ4v) is 0.842. The maximum atomic E-state index is 8.61. The number of methoxy groups -OCH3 is 1. The molecule has 1 aromatic rings. The Labute approximate surface area is 70.6 Å². The van der Waals surface area contributed by atoms with E-state index in [2.05, 4.69) is 4.85 Å². The second-order valence-electron chi connectivity index (χ2n) is 2.11. The number of rotatable bonds is 1. The average molecular weight is 158 g/mol. The van der Waals surface area contributed by atoms with Crippen LogP contribution in [0.2, 0.25) is 0 Å². The average Bonchev–Trinajstić information content (AvgIpc) is 2.16. The van der Waals surface area contributed by atoms with Gasteiger partial charge in [-0.1, -0.05) is 12.1 Å². The quantitative estimate of drug-likeness (QED) is 0.587. The molecule has 0 atom stereocenters. The number of benzene rings is 1. The molecule has 0 aliphatic carbocycles. The van der Waals surface area contributed by atoms with E-state index < -0.39 is 0 Å². The molecule has 1 rings (SSSR count). The van der Waals surface area contributed by atoms with Gasteiger partial charge < -0.3 is 4.74 Å². The molecule has 0 radical (unpaired) electrons. The molecule has 3 nitrogen and oxygen atoms in total. The summed E-state index contributed by atoms with van der Waals surface area (Å²) >= 11 is 0. The minimum absolute atomic E-state index is 0.449. The molecule has 0 bridgehead atoms. The summed E-state index contributed by atoms with van der Waals surface area (Å²) in [6, 6.07) is 6.68. The van der Waals surface area contributed by atoms with Crippen molar-refractivity contribution < 1.29 is 4.74 Å². The van der Waals surface area contributed by atoms with Gasteiger partial charge in [0.15, 0.2) is 5.69 Å². The van der Waals surface area contributed by atoms with Gasteiger partial charge in [0.2, 0.25) is 0 Å². The fourth-order valence-electron chi connectivity index (χ4n) is 0.842. The third-order valence-electron chi connectivity index (χ3n) is 1.43. The third kappa shape index (κ3) is 1.36. The third-order valence-corrected chi connectivity index (χ3v) is 1.43. The van der Waals surface area contributed by atoms with Crippen LogP contribution in [-0.4, -0.2) is 7.11 Å². The molecule has 3 heteroatoms. The molecule has 0 aliphatic rings. The molecule has 0 N–H and O–H groups in total. The topological polar surface area (TPSA) is 37.4 Å². The summed E-state index contributed by atoms with van der Waals surface area (Å²) in [6.07, 6.45) is 0. The number of hydrogen-bond acceptors (Lipinski definition) is 2. The zero-order chi connectivity index (χ0) is 8.97. The first-order valence-electron chi connectivity index (χ1n) is 3.27. The maximum absolute atomic E-state index is 8.61. The smallest absolute Gasteiger partial charge is 0.190 e. The van der Waals surface area contributed by atoms with E-state index in [-0.39, 0.29) is 0 Å². The first-order valence-corrected chi connectivity index (χ1v) is 3.27. The van der Waals surface area contributed by atoms with Crippen LogP contribution in [-0.2, 0) is 0 Å². The van der Waals surface area contributed by atoms with Crippen molar-refractivity contribution >= 4 is 5.69 Å². The van der Waals surface area contributed by atoms with Gasteiger partial charge in [0.05, 0.1) is 19.2 Å². The van der Waals surface area contributed by atoms with E-state index in [4.69, 9.17) is 16.6 Å². The van der Waals surface area contributed by atoms with Crippen LogP contribution in [0, 0.1) is 17.9 Å². The Kier molecular flexibility index (Phi) is 2.30. The molecule has 1 aromatic carbocycles. The molecule has 0 aliphatic heterocycles. The maximum Gasteiger partial charge on any atom is 0.190 e. The Morgan fingerprint density at radius 1 is 1.58 bits per heavy atom. The Hall–Kier alpha value is -2.00. The van der Waals surface area contributed by atoms with Gasteiger partial charge >= 0.3 is 0 Å². The normalized spacial score (nSPS) is 8.25. The first-order chi connectivity index (χ1) is 5.81. The SMILES string of the molecule is [C-]#[N+]c1ccc(C#N)c(OC)c1. The van der Waals surface area contributed by atoms with Crippen molar-refractivity contribution in [3.8, 4) is 11.8 Å². The highest BCUT2D eigenvalue weighted by Crippen LogP contribution is 2.23. The number of hydrogen-bond donors (Lipinski definition) is 0. The Morgan fingerprint density at radius 2 is 2.33 bits per heavy atom. The molecule has 0 fully saturated rings. The standard InChI is InChI=1S/C9H6N2O/c1-11-8-4-3-7(6-10)9(5-8)12-2/h3-5H,2H3. The molecule has 0 heterocycles. The Bertz CT molecular complexity index is 371. The zero-order valence-electron chi connectivity index (χ0n) is 6.53. The fraction of sp³-hybridized carbons (Fsp3) is 0.111. The molecular weight excluding hydrogens is 152 g/mol. The van der Waals surface area contributed by atoms with Gasteiger partial charge in [-0.05, 0) is 6.07 Å². The minimum Gasteiger partial charge on any atom is -0.497 e. The van der Waals surface area contributed by atoms with E-state index in [0.717, 1.165) is 0 Å². The van der Waals surface area contributed by atoms with Crippen molar-refractivity contribution in [3.63, 3.8) is 0 Å². The predicted molar refractivity (Wildman–Crippen MR) is 44.0 cm³/mol. The van der Waals surface area contributed by atoms with E-state index >= 15 is 0 Å². The number of nitrogens with zero attached hydrogens (tertiary/aromatic N) is 2. The van der Waals surface area contributed by atoms with E-state index in [1.54, 1.807) is 18.2 Å². The van der Waals surface area contributed by atoms with E-state index in [0.29, 0.717) is 17.0 Å². The highest BCUT2D eigenvalue weighted by atomic mass is 16.5. The lowest BCUT2D eigenvalue weighted by molar-refractivity contribution is 0.414. The lowest BCUT2D eigenvalue weighted by Gasteiger charge is -2.01. The van der Waals surface area contributed by atoms with Crippen LogP contribution in [0.25, 0.3) is 4.85 Å². The highest BCUT2D eigenvalue weighted by Gasteiger charge is 2.01. The second kappa shape index (κ2) is 3.41. The first kappa shape index (κ1) is 8.10. The van der Waals surface area contributed by atoms with Crippen molar-refractivity contribution in [2.75, 3.05) is 7.11 Å². The van der Waals surface area contributed by atoms with Crippen LogP contribution in [0.1, 0.15) is 5.56 Å². The van der Waals surface area contributed by atoms with Gasteiger partial charge in [-0.15, -0.1) is 0 Å². The zero-order valence-corrected chi connectivity index (χ0v) is 6.53. The van der Waals surface area contributed by atoms with Gasteiger partial charge in [0.25, 0.3) is 0 Å². The van der Waals surface area contributed by atoms with Crippen molar-refractivity contribution in [2.24, 2.45) is 0 Å². The molecule has 12 heavy (non-hydrogen) atoms. The van der Waals surface area contributed by atoms with Gasteiger partial charge in [-0.25, -0.2) is 4.85 Å². The van der Waals surface area contributed by atoms with Crippen LogP contribution in [0.4, 0.5) is 5.69 Å². The molecule has 0 unspecified atom stereocenters. The van der Waals surface area contributed by atoms with Gasteiger partial charge in [-0.2, -0.15) is 5.26 Å². The lowest BCUT2D eigenvalue weighted by atomic mass is 10.2. The van der Waals surface area contributed by atoms with Crippen molar-refractivity contribution in [1.82, 2.24) is 0 Å². The summed E-state index contributed by atoms with van der Waals surface area (Å²) in [7, 11) is 1.48. The lowest BCUT2D eigenvalue weighted by Crippen LogP contribution is -1.86. The molecule has 0 saturated heterocycles. The summed E-state index contributed by atoms with van der Waals surface area (Å²) in [5.74, 6) is 0.450. The molecular formula is C9H6N2O. The van der Waals surface area contributed by atoms with E-state index in [9.17, 15) is 0 Å². The molecule has 0 amide bonds. The summed E-state index contributed by atoms with van der Waals surface area (Å²) in [6.45, 7) is 6.73. The van der Waals surface area contributed by atoms with Crippen molar-refractivity contribution in [3.05, 3.63) is 35.2 Å². The van der Waals surface area contributed by atoms with Gasteiger partial charge in [-0.3, -0.25) is 0 Å². The summed E-state index contributed by atoms with van der Waals surface area (Å²) in [5.41, 5.74) is 0.927. The molecule has 0 aromatic heterocycles. The Morgan fingerprint density at radius 3 is 2.83 bits per heavy atom. The number of nitriles is 1. The highest BCUT2D eigenvalue weighted by molar-refractivity contribution is 5.55. The van der Waals surface area contributed by atoms with Crippen molar-refractivity contribution in [2.45, 2.75) is 0 Å². The van der Waals surface area contributed by atoms with Gasteiger partial charge in [0, 0.05) is 0 Å². The monoisotopic (exact) mass is 158 g/mol. The van der Waals surface area contributed by atoms with Crippen molar-refractivity contribution in [1.29, 1.82) is 5.26 Å². The molecule has 0 saturated carbocycles. The van der Waals surface area contributed by atoms with E-state index in [1.807, 2.05) is 6.07 Å². The minimum atomic E-state index is 0.449.